The van der Waals surface area contributed by atoms with Crippen LogP contribution in [0.4, 0.5) is 4.39 Å². The van der Waals surface area contributed by atoms with Gasteiger partial charge in [0, 0.05) is 30.3 Å². The maximum atomic E-state index is 15.3. The molecule has 1 saturated heterocycles. The number of benzene rings is 1. The predicted octanol–water partition coefficient (Wildman–Crippen LogP) is 3.63. The van der Waals surface area contributed by atoms with Crippen LogP contribution in [0.5, 0.6) is 0 Å². The number of rotatable bonds is 5. The molecule has 3 N–H and O–H groups in total. The topological polar surface area (TPSA) is 61.4 Å². The molecule has 30 heavy (non-hydrogen) atoms. The van der Waals surface area contributed by atoms with E-state index in [0.29, 0.717) is 12.3 Å². The van der Waals surface area contributed by atoms with Gasteiger partial charge in [0.1, 0.15) is 5.82 Å². The van der Waals surface area contributed by atoms with E-state index >= 15 is 4.39 Å². The molecule has 0 bridgehead atoms. The lowest BCUT2D eigenvalue weighted by molar-refractivity contribution is -0.128. The number of aliphatic hydroxyl groups is 1. The van der Waals surface area contributed by atoms with Crippen molar-refractivity contribution in [1.82, 2.24) is 10.6 Å². The molecule has 2 heterocycles. The van der Waals surface area contributed by atoms with E-state index in [-0.39, 0.29) is 52.6 Å². The maximum Gasteiger partial charge on any atom is 0.234 e. The van der Waals surface area contributed by atoms with Crippen molar-refractivity contribution in [2.24, 2.45) is 23.7 Å². The van der Waals surface area contributed by atoms with Crippen LogP contribution in [0.3, 0.4) is 0 Å². The fraction of sp³-hybridized carbons (Fsp3) is 0.625. The molecule has 1 aromatic carbocycles. The highest BCUT2D eigenvalue weighted by atomic mass is 32.2. The van der Waals surface area contributed by atoms with Crippen molar-refractivity contribution in [3.8, 4) is 0 Å². The lowest BCUT2D eigenvalue weighted by atomic mass is 9.60. The van der Waals surface area contributed by atoms with Gasteiger partial charge < -0.3 is 15.7 Å². The number of carbonyl (C=O) groups excluding carboxylic acids is 1. The molecule has 2 aliphatic heterocycles. The molecule has 2 fully saturated rings. The third-order valence-corrected chi connectivity index (χ3v) is 8.53. The summed E-state index contributed by atoms with van der Waals surface area (Å²) in [7, 11) is 1.89. The average molecular weight is 433 g/mol. The molecule has 1 amide bonds. The zero-order valence-corrected chi connectivity index (χ0v) is 19.0. The van der Waals surface area contributed by atoms with Crippen molar-refractivity contribution < 1.29 is 14.3 Å². The normalized spacial score (nSPS) is 36.4. The quantitative estimate of drug-likeness (QED) is 0.665. The zero-order valence-electron chi connectivity index (χ0n) is 18.1. The van der Waals surface area contributed by atoms with Gasteiger partial charge in [0.05, 0.1) is 11.4 Å². The van der Waals surface area contributed by atoms with Gasteiger partial charge in [0.2, 0.25) is 5.91 Å². The van der Waals surface area contributed by atoms with Crippen LogP contribution in [-0.4, -0.2) is 42.0 Å². The molecule has 3 aliphatic rings. The van der Waals surface area contributed by atoms with E-state index in [9.17, 15) is 9.90 Å². The fourth-order valence-electron chi connectivity index (χ4n) is 5.90. The highest BCUT2D eigenvalue weighted by molar-refractivity contribution is 8.03. The minimum absolute atomic E-state index is 0.00550. The van der Waals surface area contributed by atoms with Crippen LogP contribution in [0.1, 0.15) is 50.2 Å². The number of aliphatic hydroxyl groups excluding tert-OH is 1. The van der Waals surface area contributed by atoms with Crippen molar-refractivity contribution in [2.45, 2.75) is 56.4 Å². The summed E-state index contributed by atoms with van der Waals surface area (Å²) in [6.07, 6.45) is 2.19. The fourth-order valence-corrected chi connectivity index (χ4v) is 6.98. The van der Waals surface area contributed by atoms with Crippen LogP contribution in [0, 0.1) is 29.5 Å². The average Bonchev–Trinajstić information content (AvgIpc) is 3.18. The Morgan fingerprint density at radius 1 is 1.37 bits per heavy atom. The highest BCUT2D eigenvalue weighted by Crippen LogP contribution is 2.51. The summed E-state index contributed by atoms with van der Waals surface area (Å²) in [6.45, 7) is 7.04. The molecule has 164 valence electrons. The molecule has 1 aromatic rings. The third-order valence-electron chi connectivity index (χ3n) is 7.40. The number of hydrogen-bond acceptors (Lipinski definition) is 4. The third kappa shape index (κ3) is 3.71. The van der Waals surface area contributed by atoms with Crippen LogP contribution in [0.2, 0.25) is 0 Å². The smallest absolute Gasteiger partial charge is 0.234 e. The van der Waals surface area contributed by atoms with E-state index in [2.05, 4.69) is 37.5 Å². The van der Waals surface area contributed by atoms with Crippen molar-refractivity contribution in [3.63, 3.8) is 0 Å². The molecular weight excluding hydrogens is 399 g/mol. The highest BCUT2D eigenvalue weighted by Gasteiger charge is 2.54. The number of nitrogens with one attached hydrogen (secondary N) is 2. The molecule has 1 aliphatic carbocycles. The molecule has 6 heteroatoms. The Hall–Kier alpha value is -1.37. The van der Waals surface area contributed by atoms with Gasteiger partial charge in [-0.2, -0.15) is 0 Å². The Labute approximate surface area is 183 Å². The minimum Gasteiger partial charge on any atom is -0.392 e. The Bertz CT molecular complexity index is 829. The molecule has 0 spiro atoms. The number of fused-ring (bicyclic) bond motifs is 3. The summed E-state index contributed by atoms with van der Waals surface area (Å²) in [6, 6.07) is 5.55. The van der Waals surface area contributed by atoms with Gasteiger partial charge in [-0.3, -0.25) is 4.79 Å². The second-order valence-corrected chi connectivity index (χ2v) is 10.6. The Morgan fingerprint density at radius 2 is 2.13 bits per heavy atom. The van der Waals surface area contributed by atoms with E-state index in [1.165, 1.54) is 0 Å². The molecule has 1 saturated carbocycles. The Morgan fingerprint density at radius 3 is 2.80 bits per heavy atom. The maximum absolute atomic E-state index is 15.3. The summed E-state index contributed by atoms with van der Waals surface area (Å²) < 4.78 is 15.3. The second-order valence-electron chi connectivity index (χ2n) is 9.57. The van der Waals surface area contributed by atoms with E-state index in [1.54, 1.807) is 17.8 Å². The number of thioether (sulfide) groups is 1. The lowest BCUT2D eigenvalue weighted by Gasteiger charge is -2.51. The summed E-state index contributed by atoms with van der Waals surface area (Å²) in [5.41, 5.74) is 1.57. The van der Waals surface area contributed by atoms with Crippen LogP contribution in [-0.2, 0) is 4.79 Å². The van der Waals surface area contributed by atoms with E-state index in [0.717, 1.165) is 17.7 Å². The molecule has 8 atom stereocenters. The van der Waals surface area contributed by atoms with Crippen LogP contribution in [0.25, 0.3) is 0 Å². The predicted molar refractivity (Wildman–Crippen MR) is 120 cm³/mol. The van der Waals surface area contributed by atoms with E-state index < -0.39 is 6.10 Å². The van der Waals surface area contributed by atoms with Gasteiger partial charge in [-0.1, -0.05) is 39.0 Å². The standard InChI is InChI=1S/C24H33FN2O2S/c1-12(2)17(11-26-4)15-6-5-14(10-18(15)25)20-19(28)9-13(3)22-21(20)16-7-8-30-23(16)24(29)27-22/h5-8,10,12-13,16-17,19-23,26,28H,9,11H2,1-4H3,(H,27,29). The summed E-state index contributed by atoms with van der Waals surface area (Å²) in [5, 5.41) is 19.3. The SMILES string of the molecule is CNCC(c1ccc(C2C(O)CC(C)C3NC(=O)C4SC=CC4C32)cc1F)C(C)C. The van der Waals surface area contributed by atoms with E-state index in [4.69, 9.17) is 0 Å². The largest absolute Gasteiger partial charge is 0.392 e. The number of halogens is 1. The van der Waals surface area contributed by atoms with Crippen LogP contribution >= 0.6 is 11.8 Å². The first kappa shape index (κ1) is 21.8. The number of amides is 1. The van der Waals surface area contributed by atoms with Gasteiger partial charge in [0.25, 0.3) is 0 Å². The van der Waals surface area contributed by atoms with Crippen molar-refractivity contribution in [3.05, 3.63) is 46.6 Å². The zero-order chi connectivity index (χ0) is 21.6. The number of piperidine rings is 1. The van der Waals surface area contributed by atoms with Crippen molar-refractivity contribution >= 4 is 17.7 Å². The number of carbonyl (C=O) groups is 1. The monoisotopic (exact) mass is 432 g/mol. The first-order valence-corrected chi connectivity index (χ1v) is 12.0. The molecule has 0 radical (unpaired) electrons. The minimum atomic E-state index is -0.542. The summed E-state index contributed by atoms with van der Waals surface area (Å²) in [5.74, 6) is 0.456. The molecule has 0 aromatic heterocycles. The summed E-state index contributed by atoms with van der Waals surface area (Å²) in [4.78, 5) is 12.6. The summed E-state index contributed by atoms with van der Waals surface area (Å²) >= 11 is 1.55. The van der Waals surface area contributed by atoms with Gasteiger partial charge in [-0.15, -0.1) is 11.8 Å². The Kier molecular flexibility index (Phi) is 6.29. The van der Waals surface area contributed by atoms with Gasteiger partial charge in [-0.25, -0.2) is 4.39 Å². The van der Waals surface area contributed by atoms with Crippen LogP contribution in [0.15, 0.2) is 29.7 Å². The van der Waals surface area contributed by atoms with Crippen molar-refractivity contribution in [1.29, 1.82) is 0 Å². The van der Waals surface area contributed by atoms with Gasteiger partial charge >= 0.3 is 0 Å². The molecule has 8 unspecified atom stereocenters. The van der Waals surface area contributed by atoms with E-state index in [1.807, 2.05) is 24.6 Å². The van der Waals surface area contributed by atoms with Gasteiger partial charge in [-0.05, 0) is 53.8 Å². The number of hydrogen-bond donors (Lipinski definition) is 3. The van der Waals surface area contributed by atoms with Crippen molar-refractivity contribution in [2.75, 3.05) is 13.6 Å². The van der Waals surface area contributed by atoms with Crippen LogP contribution < -0.4 is 10.6 Å². The first-order chi connectivity index (χ1) is 14.3. The second kappa shape index (κ2) is 8.64. The molecule has 4 rings (SSSR count). The van der Waals surface area contributed by atoms with Gasteiger partial charge in [0.15, 0.2) is 0 Å². The Balaban J connectivity index is 1.70. The molecule has 4 nitrogen and oxygen atoms in total. The number of allylic oxidation sites excluding steroid dienone is 1. The molecular formula is C24H33FN2O2S. The first-order valence-electron chi connectivity index (χ1n) is 11.1. The number of likely N-dealkylation sites (N-methyl/N-ethyl adjacent to an activating group) is 1. The lowest BCUT2D eigenvalue weighted by Crippen LogP contribution is -2.62.